The lowest BCUT2D eigenvalue weighted by molar-refractivity contribution is 0.188. The minimum atomic E-state index is 0.0586. The second-order valence-electron chi connectivity index (χ2n) is 4.35. The van der Waals surface area contributed by atoms with Crippen molar-refractivity contribution in [2.45, 2.75) is 39.2 Å². The van der Waals surface area contributed by atoms with Gasteiger partial charge in [-0.25, -0.2) is 4.79 Å². The topological polar surface area (TPSA) is 58.4 Å². The Bertz CT molecular complexity index is 208. The van der Waals surface area contributed by atoms with Crippen LogP contribution in [0.2, 0.25) is 0 Å². The maximum atomic E-state index is 11.8. The molecule has 0 bridgehead atoms. The summed E-state index contributed by atoms with van der Waals surface area (Å²) in [6.07, 6.45) is 3.22. The number of rotatable bonds is 4. The van der Waals surface area contributed by atoms with Gasteiger partial charge in [0.15, 0.2) is 0 Å². The molecule has 1 aliphatic rings. The number of hydrogen-bond acceptors (Lipinski definition) is 2. The molecule has 2 amide bonds. The Kier molecular flexibility index (Phi) is 4.88. The van der Waals surface area contributed by atoms with Crippen LogP contribution in [0.1, 0.15) is 33.1 Å². The quantitative estimate of drug-likeness (QED) is 0.689. The molecule has 0 aliphatic carbocycles. The number of nitrogens with zero attached hydrogens (tertiary/aromatic N) is 1. The molecule has 0 aromatic rings. The first-order valence-electron chi connectivity index (χ1n) is 5.95. The van der Waals surface area contributed by atoms with E-state index in [1.54, 1.807) is 0 Å². The molecular weight excluding hydrogens is 190 g/mol. The van der Waals surface area contributed by atoms with E-state index < -0.39 is 0 Å². The molecule has 0 aromatic carbocycles. The summed E-state index contributed by atoms with van der Waals surface area (Å²) in [5.41, 5.74) is 5.69. The van der Waals surface area contributed by atoms with Gasteiger partial charge < -0.3 is 16.0 Å². The highest BCUT2D eigenvalue weighted by molar-refractivity contribution is 5.74. The van der Waals surface area contributed by atoms with Crippen LogP contribution in [0, 0.1) is 5.92 Å². The fraction of sp³-hybridized carbons (Fsp3) is 0.909. The number of likely N-dealkylation sites (tertiary alicyclic amines) is 1. The largest absolute Gasteiger partial charge is 0.338 e. The lowest BCUT2D eigenvalue weighted by atomic mass is 10.0. The number of nitrogens with two attached hydrogens (primary N) is 1. The van der Waals surface area contributed by atoms with E-state index in [4.69, 9.17) is 5.73 Å². The fourth-order valence-corrected chi connectivity index (χ4v) is 2.09. The smallest absolute Gasteiger partial charge is 0.317 e. The van der Waals surface area contributed by atoms with Gasteiger partial charge in [-0.2, -0.15) is 0 Å². The molecule has 0 aromatic heterocycles. The molecule has 0 spiro atoms. The third kappa shape index (κ3) is 3.09. The molecule has 1 fully saturated rings. The van der Waals surface area contributed by atoms with Crippen LogP contribution in [0.15, 0.2) is 0 Å². The van der Waals surface area contributed by atoms with E-state index in [0.717, 1.165) is 32.4 Å². The van der Waals surface area contributed by atoms with Crippen LogP contribution in [-0.4, -0.2) is 36.6 Å². The lowest BCUT2D eigenvalue weighted by Crippen LogP contribution is -2.47. The number of hydrogen-bond donors (Lipinski definition) is 2. The van der Waals surface area contributed by atoms with Crippen molar-refractivity contribution < 1.29 is 4.79 Å². The van der Waals surface area contributed by atoms with Crippen molar-refractivity contribution in [1.82, 2.24) is 10.2 Å². The van der Waals surface area contributed by atoms with Crippen molar-refractivity contribution in [3.05, 3.63) is 0 Å². The van der Waals surface area contributed by atoms with Gasteiger partial charge in [0.25, 0.3) is 0 Å². The van der Waals surface area contributed by atoms with Crippen LogP contribution >= 0.6 is 0 Å². The first kappa shape index (κ1) is 12.3. The molecule has 1 heterocycles. The summed E-state index contributed by atoms with van der Waals surface area (Å²) in [5.74, 6) is 0.534. The van der Waals surface area contributed by atoms with Gasteiger partial charge in [0.2, 0.25) is 0 Å². The van der Waals surface area contributed by atoms with Crippen molar-refractivity contribution in [2.75, 3.05) is 19.6 Å². The van der Waals surface area contributed by atoms with Crippen LogP contribution in [0.4, 0.5) is 4.79 Å². The SMILES string of the molecule is CCCCNC(=O)N1CCC(C)C1CN. The highest BCUT2D eigenvalue weighted by Gasteiger charge is 2.32. The summed E-state index contributed by atoms with van der Waals surface area (Å²) in [5, 5.41) is 2.94. The summed E-state index contributed by atoms with van der Waals surface area (Å²) in [6.45, 7) is 6.48. The van der Waals surface area contributed by atoms with Crippen molar-refractivity contribution in [1.29, 1.82) is 0 Å². The Labute approximate surface area is 92.2 Å². The highest BCUT2D eigenvalue weighted by Crippen LogP contribution is 2.22. The first-order valence-corrected chi connectivity index (χ1v) is 5.95. The van der Waals surface area contributed by atoms with Gasteiger partial charge >= 0.3 is 6.03 Å². The molecule has 0 radical (unpaired) electrons. The Morgan fingerprint density at radius 3 is 2.93 bits per heavy atom. The Morgan fingerprint density at radius 1 is 1.60 bits per heavy atom. The van der Waals surface area contributed by atoms with Crippen molar-refractivity contribution in [2.24, 2.45) is 11.7 Å². The van der Waals surface area contributed by atoms with E-state index in [2.05, 4.69) is 19.2 Å². The Hall–Kier alpha value is -0.770. The van der Waals surface area contributed by atoms with Crippen LogP contribution in [0.3, 0.4) is 0 Å². The number of urea groups is 1. The summed E-state index contributed by atoms with van der Waals surface area (Å²) in [7, 11) is 0. The Balaban J connectivity index is 2.38. The number of unbranched alkanes of at least 4 members (excludes halogenated alkanes) is 1. The fourth-order valence-electron chi connectivity index (χ4n) is 2.09. The predicted molar refractivity (Wildman–Crippen MR) is 61.6 cm³/mol. The summed E-state index contributed by atoms with van der Waals surface area (Å²) in [6, 6.07) is 0.287. The normalized spacial score (nSPS) is 25.7. The molecule has 1 aliphatic heterocycles. The maximum Gasteiger partial charge on any atom is 0.317 e. The first-order chi connectivity index (χ1) is 7.20. The van der Waals surface area contributed by atoms with E-state index >= 15 is 0 Å². The molecule has 1 rings (SSSR count). The van der Waals surface area contributed by atoms with E-state index in [9.17, 15) is 4.79 Å². The van der Waals surface area contributed by atoms with E-state index in [-0.39, 0.29) is 12.1 Å². The van der Waals surface area contributed by atoms with Crippen molar-refractivity contribution in [3.8, 4) is 0 Å². The second-order valence-corrected chi connectivity index (χ2v) is 4.35. The number of carbonyl (C=O) groups is 1. The second kappa shape index (κ2) is 5.95. The molecule has 2 atom stereocenters. The van der Waals surface area contributed by atoms with Gasteiger partial charge in [-0.15, -0.1) is 0 Å². The van der Waals surface area contributed by atoms with Crippen molar-refractivity contribution in [3.63, 3.8) is 0 Å². The van der Waals surface area contributed by atoms with E-state index in [1.165, 1.54) is 0 Å². The average Bonchev–Trinajstić information content (AvgIpc) is 2.59. The van der Waals surface area contributed by atoms with Gasteiger partial charge in [0.05, 0.1) is 0 Å². The van der Waals surface area contributed by atoms with Crippen LogP contribution in [0.25, 0.3) is 0 Å². The van der Waals surface area contributed by atoms with Crippen LogP contribution in [-0.2, 0) is 0 Å². The molecule has 4 heteroatoms. The zero-order valence-electron chi connectivity index (χ0n) is 9.83. The molecule has 3 N–H and O–H groups in total. The van der Waals surface area contributed by atoms with Crippen LogP contribution < -0.4 is 11.1 Å². The van der Waals surface area contributed by atoms with Gasteiger partial charge in [-0.05, 0) is 18.8 Å². The standard InChI is InChI=1S/C11H23N3O/c1-3-4-6-13-11(15)14-7-5-9(2)10(14)8-12/h9-10H,3-8,12H2,1-2H3,(H,13,15). The molecule has 0 saturated carbocycles. The monoisotopic (exact) mass is 213 g/mol. The van der Waals surface area contributed by atoms with Gasteiger partial charge in [-0.3, -0.25) is 0 Å². The summed E-state index contributed by atoms with van der Waals surface area (Å²) < 4.78 is 0. The van der Waals surface area contributed by atoms with Crippen LogP contribution in [0.5, 0.6) is 0 Å². The molecular formula is C11H23N3O. The minimum absolute atomic E-state index is 0.0586. The van der Waals surface area contributed by atoms with E-state index in [0.29, 0.717) is 12.5 Å². The third-order valence-corrected chi connectivity index (χ3v) is 3.19. The number of amides is 2. The summed E-state index contributed by atoms with van der Waals surface area (Å²) >= 11 is 0. The average molecular weight is 213 g/mol. The molecule has 15 heavy (non-hydrogen) atoms. The Morgan fingerprint density at radius 2 is 2.33 bits per heavy atom. The molecule has 4 nitrogen and oxygen atoms in total. The molecule has 88 valence electrons. The predicted octanol–water partition coefficient (Wildman–Crippen LogP) is 1.17. The zero-order valence-corrected chi connectivity index (χ0v) is 9.83. The van der Waals surface area contributed by atoms with E-state index in [1.807, 2.05) is 4.90 Å². The minimum Gasteiger partial charge on any atom is -0.338 e. The van der Waals surface area contributed by atoms with Crippen molar-refractivity contribution >= 4 is 6.03 Å². The van der Waals surface area contributed by atoms with Gasteiger partial charge in [0, 0.05) is 25.7 Å². The molecule has 2 unspecified atom stereocenters. The zero-order chi connectivity index (χ0) is 11.3. The molecule has 1 saturated heterocycles. The van der Waals surface area contributed by atoms with Gasteiger partial charge in [-0.1, -0.05) is 20.3 Å². The number of carbonyl (C=O) groups excluding carboxylic acids is 1. The number of nitrogens with one attached hydrogen (secondary N) is 1. The third-order valence-electron chi connectivity index (χ3n) is 3.19. The van der Waals surface area contributed by atoms with Gasteiger partial charge in [0.1, 0.15) is 0 Å². The highest BCUT2D eigenvalue weighted by atomic mass is 16.2. The summed E-state index contributed by atoms with van der Waals surface area (Å²) in [4.78, 5) is 13.7. The lowest BCUT2D eigenvalue weighted by Gasteiger charge is -2.25. The maximum absolute atomic E-state index is 11.8.